The lowest BCUT2D eigenvalue weighted by Crippen LogP contribution is -2.53. The molecule has 1 aromatic carbocycles. The third-order valence-corrected chi connectivity index (χ3v) is 5.45. The number of aliphatic hydroxyl groups is 2. The van der Waals surface area contributed by atoms with E-state index in [1.807, 2.05) is 0 Å². The molecule has 1 fully saturated rings. The molecule has 4 N–H and O–H groups in total. The van der Waals surface area contributed by atoms with Crippen molar-refractivity contribution in [3.05, 3.63) is 21.2 Å². The van der Waals surface area contributed by atoms with Crippen LogP contribution in [0.15, 0.2) is 0 Å². The molecule has 0 aromatic heterocycles. The van der Waals surface area contributed by atoms with Gasteiger partial charge in [0.1, 0.15) is 28.9 Å². The number of aliphatic hydroxyl groups excluding tert-OH is 2. The molecule has 10 heteroatoms. The highest BCUT2D eigenvalue weighted by atomic mass is 35.5. The molecule has 0 amide bonds. The van der Waals surface area contributed by atoms with Crippen LogP contribution in [-0.4, -0.2) is 57.8 Å². The Bertz CT molecular complexity index is 738. The van der Waals surface area contributed by atoms with Crippen LogP contribution in [0.3, 0.4) is 0 Å². The Balaban J connectivity index is 2.47. The highest BCUT2D eigenvalue weighted by molar-refractivity contribution is 6.39. The van der Waals surface area contributed by atoms with Crippen LogP contribution in [0.25, 0.3) is 0 Å². The Morgan fingerprint density at radius 3 is 2.41 bits per heavy atom. The van der Waals surface area contributed by atoms with Gasteiger partial charge in [0, 0.05) is 5.92 Å². The first kappa shape index (κ1) is 21.7. The molecule has 1 aliphatic heterocycles. The van der Waals surface area contributed by atoms with Crippen LogP contribution >= 0.6 is 23.2 Å². The van der Waals surface area contributed by atoms with Crippen LogP contribution in [0.1, 0.15) is 29.8 Å². The van der Waals surface area contributed by atoms with E-state index in [9.17, 15) is 30.0 Å². The highest BCUT2D eigenvalue weighted by Crippen LogP contribution is 2.45. The molecular weight excluding hydrogens is 403 g/mol. The van der Waals surface area contributed by atoms with E-state index in [1.54, 1.807) is 13.8 Å². The lowest BCUT2D eigenvalue weighted by Gasteiger charge is -2.41. The normalized spacial score (nSPS) is 28.0. The number of benzene rings is 1. The monoisotopic (exact) mass is 422 g/mol. The standard InChI is InChI=1S/C17H20Cl2O8/c1-3-7-10(13(22)12(19)14(23)11(7)18)17(25)27-15-8(4-20)6(2)26-16(24)9(15)5-21/h5-6,8-9,15-16,20,22-24H,3-4H2,1-2H3/t6-,8-,9+,15?,16-/m1/s1. The molecule has 27 heavy (non-hydrogen) atoms. The van der Waals surface area contributed by atoms with Crippen LogP contribution in [0.2, 0.25) is 10.0 Å². The number of halogens is 2. The molecular formula is C17H20Cl2O8. The molecule has 0 saturated carbocycles. The number of aldehydes is 1. The Labute approximate surface area is 165 Å². The van der Waals surface area contributed by atoms with E-state index in [0.717, 1.165) is 0 Å². The average molecular weight is 423 g/mol. The van der Waals surface area contributed by atoms with Crippen LogP contribution < -0.4 is 0 Å². The summed E-state index contributed by atoms with van der Waals surface area (Å²) in [5, 5.41) is 38.9. The lowest BCUT2D eigenvalue weighted by atomic mass is 9.85. The molecule has 1 aromatic rings. The van der Waals surface area contributed by atoms with E-state index in [4.69, 9.17) is 32.7 Å². The van der Waals surface area contributed by atoms with Crippen LogP contribution in [0, 0.1) is 11.8 Å². The first-order valence-corrected chi connectivity index (χ1v) is 8.97. The van der Waals surface area contributed by atoms with Crippen LogP contribution in [0.4, 0.5) is 0 Å². The predicted molar refractivity (Wildman–Crippen MR) is 95.1 cm³/mol. The molecule has 2 rings (SSSR count). The Morgan fingerprint density at radius 1 is 1.26 bits per heavy atom. The number of carbonyl (C=O) groups is 2. The molecule has 0 spiro atoms. The smallest absolute Gasteiger partial charge is 0.342 e. The van der Waals surface area contributed by atoms with Gasteiger partial charge in [0.15, 0.2) is 17.8 Å². The van der Waals surface area contributed by atoms with E-state index in [2.05, 4.69) is 0 Å². The topological polar surface area (TPSA) is 134 Å². The minimum Gasteiger partial charge on any atom is -0.505 e. The maximum atomic E-state index is 12.8. The van der Waals surface area contributed by atoms with Gasteiger partial charge in [-0.2, -0.15) is 0 Å². The summed E-state index contributed by atoms with van der Waals surface area (Å²) in [6.45, 7) is 2.71. The second kappa shape index (κ2) is 8.62. The second-order valence-corrected chi connectivity index (χ2v) is 6.95. The van der Waals surface area contributed by atoms with Gasteiger partial charge < -0.3 is 34.7 Å². The summed E-state index contributed by atoms with van der Waals surface area (Å²) in [5.41, 5.74) is -0.259. The second-order valence-electron chi connectivity index (χ2n) is 6.19. The molecule has 1 heterocycles. The fraction of sp³-hybridized carbons (Fsp3) is 0.529. The molecule has 150 valence electrons. The fourth-order valence-corrected chi connectivity index (χ4v) is 3.70. The maximum absolute atomic E-state index is 12.8. The zero-order chi connectivity index (χ0) is 20.5. The van der Waals surface area contributed by atoms with E-state index >= 15 is 0 Å². The molecule has 1 saturated heterocycles. The van der Waals surface area contributed by atoms with Gasteiger partial charge >= 0.3 is 5.97 Å². The van der Waals surface area contributed by atoms with E-state index in [1.165, 1.54) is 0 Å². The first-order valence-electron chi connectivity index (χ1n) is 8.21. The van der Waals surface area contributed by atoms with E-state index < -0.39 is 59.4 Å². The summed E-state index contributed by atoms with van der Waals surface area (Å²) in [4.78, 5) is 24.1. The number of aromatic hydroxyl groups is 2. The van der Waals surface area contributed by atoms with Crippen molar-refractivity contribution in [3.8, 4) is 11.5 Å². The van der Waals surface area contributed by atoms with Crippen molar-refractivity contribution in [2.75, 3.05) is 6.61 Å². The molecule has 8 nitrogen and oxygen atoms in total. The van der Waals surface area contributed by atoms with Crippen molar-refractivity contribution in [2.45, 2.75) is 38.8 Å². The SMILES string of the molecule is CCc1c(Cl)c(O)c(Cl)c(O)c1C(=O)OC1[C@H](C=O)[C@H](O)O[C@H](C)[C@H]1CO. The van der Waals surface area contributed by atoms with Gasteiger partial charge in [0.2, 0.25) is 0 Å². The summed E-state index contributed by atoms with van der Waals surface area (Å²) in [5.74, 6) is -4.38. The molecule has 0 radical (unpaired) electrons. The number of hydrogen-bond acceptors (Lipinski definition) is 8. The third kappa shape index (κ3) is 3.86. The number of phenolic OH excluding ortho intramolecular Hbond substituents is 2. The van der Waals surface area contributed by atoms with Gasteiger partial charge in [0.05, 0.1) is 17.7 Å². The average Bonchev–Trinajstić information content (AvgIpc) is 2.62. The number of carbonyl (C=O) groups excluding carboxylic acids is 2. The number of esters is 1. The summed E-state index contributed by atoms with van der Waals surface area (Å²) >= 11 is 11.8. The quantitative estimate of drug-likeness (QED) is 0.415. The molecule has 5 atom stereocenters. The summed E-state index contributed by atoms with van der Waals surface area (Å²) in [6.07, 6.45) is -2.91. The summed E-state index contributed by atoms with van der Waals surface area (Å²) in [6, 6.07) is 0. The van der Waals surface area contributed by atoms with Gasteiger partial charge in [-0.3, -0.25) is 0 Å². The van der Waals surface area contributed by atoms with Crippen molar-refractivity contribution in [1.82, 2.24) is 0 Å². The third-order valence-electron chi connectivity index (χ3n) is 4.68. The fourth-order valence-electron chi connectivity index (χ4n) is 3.14. The first-order chi connectivity index (χ1) is 12.7. The number of rotatable bonds is 5. The van der Waals surface area contributed by atoms with Gasteiger partial charge in [-0.15, -0.1) is 0 Å². The summed E-state index contributed by atoms with van der Waals surface area (Å²) < 4.78 is 10.6. The van der Waals surface area contributed by atoms with E-state index in [0.29, 0.717) is 6.29 Å². The van der Waals surface area contributed by atoms with Crippen molar-refractivity contribution >= 4 is 35.5 Å². The molecule has 1 unspecified atom stereocenters. The zero-order valence-electron chi connectivity index (χ0n) is 14.6. The van der Waals surface area contributed by atoms with Crippen molar-refractivity contribution in [2.24, 2.45) is 11.8 Å². The molecule has 0 aliphatic carbocycles. The molecule has 0 bridgehead atoms. The van der Waals surface area contributed by atoms with Gasteiger partial charge in [-0.05, 0) is 18.9 Å². The molecule has 1 aliphatic rings. The van der Waals surface area contributed by atoms with Gasteiger partial charge in [-0.25, -0.2) is 4.79 Å². The minimum atomic E-state index is -1.52. The predicted octanol–water partition coefficient (Wildman–Crippen LogP) is 1.65. The lowest BCUT2D eigenvalue weighted by molar-refractivity contribution is -0.239. The van der Waals surface area contributed by atoms with Crippen LogP contribution in [-0.2, 0) is 20.7 Å². The Kier molecular flexibility index (Phi) is 6.93. The number of phenols is 2. The zero-order valence-corrected chi connectivity index (χ0v) is 16.1. The maximum Gasteiger partial charge on any atom is 0.342 e. The van der Waals surface area contributed by atoms with Gasteiger partial charge in [-0.1, -0.05) is 30.1 Å². The largest absolute Gasteiger partial charge is 0.505 e. The highest BCUT2D eigenvalue weighted by Gasteiger charge is 2.46. The minimum absolute atomic E-state index is 0.102. The van der Waals surface area contributed by atoms with E-state index in [-0.39, 0.29) is 22.6 Å². The summed E-state index contributed by atoms with van der Waals surface area (Å²) in [7, 11) is 0. The number of ether oxygens (including phenoxy) is 2. The van der Waals surface area contributed by atoms with Crippen molar-refractivity contribution in [1.29, 1.82) is 0 Å². The Morgan fingerprint density at radius 2 is 1.89 bits per heavy atom. The Hall–Kier alpha value is -1.58. The van der Waals surface area contributed by atoms with Gasteiger partial charge in [0.25, 0.3) is 0 Å². The number of hydrogen-bond donors (Lipinski definition) is 4. The van der Waals surface area contributed by atoms with Crippen molar-refractivity contribution < 1.29 is 39.5 Å². The van der Waals surface area contributed by atoms with Crippen molar-refractivity contribution in [3.63, 3.8) is 0 Å². The van der Waals surface area contributed by atoms with Crippen LogP contribution in [0.5, 0.6) is 11.5 Å².